The molecule has 1 rings (SSSR count). The fourth-order valence-electron chi connectivity index (χ4n) is 1.94. The van der Waals surface area contributed by atoms with E-state index in [1.54, 1.807) is 0 Å². The quantitative estimate of drug-likeness (QED) is 0.768. The summed E-state index contributed by atoms with van der Waals surface area (Å²) in [5.74, 6) is 0.738. The third kappa shape index (κ3) is 5.61. The maximum absolute atomic E-state index is 11.9. The third-order valence-electron chi connectivity index (χ3n) is 3.47. The summed E-state index contributed by atoms with van der Waals surface area (Å²) in [4.78, 5) is 11.9. The standard InChI is InChI=1S/C16H25NO3/c1-4-16(3,9-10-18)17-15(19)8-11-20-14-7-5-6-13(2)12-14/h5-7,12,18H,4,8-11H2,1-3H3,(H,17,19). The number of carbonyl (C=O) groups excluding carboxylic acids is 1. The van der Waals surface area contributed by atoms with E-state index in [4.69, 9.17) is 9.84 Å². The maximum Gasteiger partial charge on any atom is 0.223 e. The molecule has 1 aromatic rings. The van der Waals surface area contributed by atoms with Gasteiger partial charge in [0.2, 0.25) is 5.91 Å². The summed E-state index contributed by atoms with van der Waals surface area (Å²) in [6.45, 7) is 6.38. The minimum Gasteiger partial charge on any atom is -0.493 e. The van der Waals surface area contributed by atoms with Crippen LogP contribution in [0, 0.1) is 6.92 Å². The van der Waals surface area contributed by atoms with Gasteiger partial charge < -0.3 is 15.2 Å². The summed E-state index contributed by atoms with van der Waals surface area (Å²) in [6.07, 6.45) is 1.67. The number of amides is 1. The van der Waals surface area contributed by atoms with Crippen molar-refractivity contribution in [1.82, 2.24) is 5.32 Å². The van der Waals surface area contributed by atoms with Crippen molar-refractivity contribution in [2.75, 3.05) is 13.2 Å². The molecule has 1 unspecified atom stereocenters. The van der Waals surface area contributed by atoms with Gasteiger partial charge in [-0.05, 0) is 44.4 Å². The first-order valence-corrected chi connectivity index (χ1v) is 7.10. The predicted molar refractivity (Wildman–Crippen MR) is 79.8 cm³/mol. The van der Waals surface area contributed by atoms with Crippen molar-refractivity contribution < 1.29 is 14.6 Å². The van der Waals surface area contributed by atoms with E-state index in [1.807, 2.05) is 45.0 Å². The van der Waals surface area contributed by atoms with Gasteiger partial charge in [0.1, 0.15) is 5.75 Å². The summed E-state index contributed by atoms with van der Waals surface area (Å²) in [5.41, 5.74) is 0.795. The molecule has 1 atom stereocenters. The lowest BCUT2D eigenvalue weighted by Crippen LogP contribution is -2.46. The lowest BCUT2D eigenvalue weighted by atomic mass is 9.95. The first-order chi connectivity index (χ1) is 9.49. The van der Waals surface area contributed by atoms with Gasteiger partial charge in [-0.25, -0.2) is 0 Å². The highest BCUT2D eigenvalue weighted by molar-refractivity contribution is 5.76. The Morgan fingerprint density at radius 2 is 2.20 bits per heavy atom. The number of carbonyl (C=O) groups is 1. The largest absolute Gasteiger partial charge is 0.493 e. The first-order valence-electron chi connectivity index (χ1n) is 7.10. The second-order valence-electron chi connectivity index (χ2n) is 5.35. The molecule has 4 nitrogen and oxygen atoms in total. The van der Waals surface area contributed by atoms with Crippen molar-refractivity contribution in [3.63, 3.8) is 0 Å². The second-order valence-corrected chi connectivity index (χ2v) is 5.35. The molecule has 0 saturated carbocycles. The number of nitrogens with one attached hydrogen (secondary N) is 1. The number of hydrogen-bond acceptors (Lipinski definition) is 3. The highest BCUT2D eigenvalue weighted by atomic mass is 16.5. The van der Waals surface area contributed by atoms with Crippen LogP contribution in [-0.4, -0.2) is 29.8 Å². The van der Waals surface area contributed by atoms with Gasteiger partial charge in [0.25, 0.3) is 0 Å². The molecule has 0 aliphatic carbocycles. The van der Waals surface area contributed by atoms with Gasteiger partial charge in [-0.2, -0.15) is 0 Å². The average molecular weight is 279 g/mol. The van der Waals surface area contributed by atoms with Gasteiger partial charge in [0, 0.05) is 12.1 Å². The van der Waals surface area contributed by atoms with Crippen LogP contribution in [0.5, 0.6) is 5.75 Å². The highest BCUT2D eigenvalue weighted by Gasteiger charge is 2.23. The molecule has 0 aliphatic rings. The van der Waals surface area contributed by atoms with E-state index in [0.717, 1.165) is 17.7 Å². The molecule has 1 amide bonds. The Kier molecular flexibility index (Phi) is 6.52. The van der Waals surface area contributed by atoms with Crippen molar-refractivity contribution in [3.8, 4) is 5.75 Å². The summed E-state index contributed by atoms with van der Waals surface area (Å²) in [5, 5.41) is 12.0. The first kappa shape index (κ1) is 16.5. The lowest BCUT2D eigenvalue weighted by molar-refractivity contribution is -0.123. The molecule has 2 N–H and O–H groups in total. The van der Waals surface area contributed by atoms with E-state index in [0.29, 0.717) is 19.4 Å². The number of aliphatic hydroxyl groups excluding tert-OH is 1. The van der Waals surface area contributed by atoms with E-state index in [2.05, 4.69) is 5.32 Å². The molecule has 0 aliphatic heterocycles. The molecule has 4 heteroatoms. The summed E-state index contributed by atoms with van der Waals surface area (Å²) < 4.78 is 5.56. The normalized spacial score (nSPS) is 13.6. The molecule has 0 heterocycles. The number of aliphatic hydroxyl groups is 1. The van der Waals surface area contributed by atoms with Crippen molar-refractivity contribution in [2.24, 2.45) is 0 Å². The highest BCUT2D eigenvalue weighted by Crippen LogP contribution is 2.15. The number of benzene rings is 1. The van der Waals surface area contributed by atoms with Crippen molar-refractivity contribution in [2.45, 2.75) is 45.6 Å². The number of aryl methyl sites for hydroxylation is 1. The summed E-state index contributed by atoms with van der Waals surface area (Å²) >= 11 is 0. The fraction of sp³-hybridized carbons (Fsp3) is 0.562. The smallest absolute Gasteiger partial charge is 0.223 e. The van der Waals surface area contributed by atoms with Gasteiger partial charge >= 0.3 is 0 Å². The zero-order valence-corrected chi connectivity index (χ0v) is 12.6. The zero-order chi connectivity index (χ0) is 15.0. The van der Waals surface area contributed by atoms with Gasteiger partial charge in [-0.15, -0.1) is 0 Å². The van der Waals surface area contributed by atoms with E-state index >= 15 is 0 Å². The van der Waals surface area contributed by atoms with Crippen LogP contribution in [0.25, 0.3) is 0 Å². The molecule has 0 spiro atoms. The molecule has 1 aromatic carbocycles. The number of rotatable bonds is 8. The lowest BCUT2D eigenvalue weighted by Gasteiger charge is -2.29. The van der Waals surface area contributed by atoms with Gasteiger partial charge in [-0.1, -0.05) is 19.1 Å². The predicted octanol–water partition coefficient (Wildman–Crippen LogP) is 2.43. The molecular weight excluding hydrogens is 254 g/mol. The monoisotopic (exact) mass is 279 g/mol. The van der Waals surface area contributed by atoms with E-state index < -0.39 is 0 Å². The Morgan fingerprint density at radius 1 is 1.45 bits per heavy atom. The zero-order valence-electron chi connectivity index (χ0n) is 12.6. The van der Waals surface area contributed by atoms with Crippen LogP contribution in [-0.2, 0) is 4.79 Å². The van der Waals surface area contributed by atoms with Crippen LogP contribution in [0.2, 0.25) is 0 Å². The summed E-state index contributed by atoms with van der Waals surface area (Å²) in [6, 6.07) is 7.76. The Hall–Kier alpha value is -1.55. The molecule has 0 radical (unpaired) electrons. The van der Waals surface area contributed by atoms with Crippen LogP contribution < -0.4 is 10.1 Å². The Balaban J connectivity index is 2.36. The Bertz CT molecular complexity index is 433. The molecule has 0 aromatic heterocycles. The van der Waals surface area contributed by atoms with Crippen LogP contribution >= 0.6 is 0 Å². The van der Waals surface area contributed by atoms with Crippen molar-refractivity contribution in [1.29, 1.82) is 0 Å². The van der Waals surface area contributed by atoms with E-state index in [-0.39, 0.29) is 18.1 Å². The van der Waals surface area contributed by atoms with E-state index in [1.165, 1.54) is 0 Å². The number of hydrogen-bond donors (Lipinski definition) is 2. The van der Waals surface area contributed by atoms with Gasteiger partial charge in [0.05, 0.1) is 13.0 Å². The molecule has 0 bridgehead atoms. The van der Waals surface area contributed by atoms with Crippen molar-refractivity contribution in [3.05, 3.63) is 29.8 Å². The average Bonchev–Trinajstić information content (AvgIpc) is 2.39. The maximum atomic E-state index is 11.9. The van der Waals surface area contributed by atoms with E-state index in [9.17, 15) is 4.79 Å². The van der Waals surface area contributed by atoms with Crippen LogP contribution in [0.15, 0.2) is 24.3 Å². The van der Waals surface area contributed by atoms with Gasteiger partial charge in [0.15, 0.2) is 0 Å². The molecule has 0 fully saturated rings. The minimum atomic E-state index is -0.338. The van der Waals surface area contributed by atoms with Crippen LogP contribution in [0.3, 0.4) is 0 Å². The summed E-state index contributed by atoms with van der Waals surface area (Å²) in [7, 11) is 0. The van der Waals surface area contributed by atoms with Crippen LogP contribution in [0.1, 0.15) is 38.7 Å². The molecular formula is C16H25NO3. The fourth-order valence-corrected chi connectivity index (χ4v) is 1.94. The van der Waals surface area contributed by atoms with Gasteiger partial charge in [-0.3, -0.25) is 4.79 Å². The Labute approximate surface area is 121 Å². The minimum absolute atomic E-state index is 0.0459. The second kappa shape index (κ2) is 7.90. The Morgan fingerprint density at radius 3 is 2.80 bits per heavy atom. The third-order valence-corrected chi connectivity index (χ3v) is 3.47. The molecule has 20 heavy (non-hydrogen) atoms. The number of ether oxygens (including phenoxy) is 1. The molecule has 112 valence electrons. The topological polar surface area (TPSA) is 58.6 Å². The SMILES string of the molecule is CCC(C)(CCO)NC(=O)CCOc1cccc(C)c1. The molecule has 0 saturated heterocycles. The van der Waals surface area contributed by atoms with Crippen molar-refractivity contribution >= 4 is 5.91 Å². The van der Waals surface area contributed by atoms with Crippen LogP contribution in [0.4, 0.5) is 0 Å².